The average Bonchev–Trinajstić information content (AvgIpc) is 2.35. The van der Waals surface area contributed by atoms with Crippen LogP contribution in [0.3, 0.4) is 0 Å². The van der Waals surface area contributed by atoms with Crippen molar-refractivity contribution in [3.63, 3.8) is 0 Å². The van der Waals surface area contributed by atoms with Crippen molar-refractivity contribution in [1.82, 2.24) is 0 Å². The van der Waals surface area contributed by atoms with Crippen molar-refractivity contribution in [3.05, 3.63) is 33.9 Å². The number of hydrogen-bond donors (Lipinski definition) is 3. The summed E-state index contributed by atoms with van der Waals surface area (Å²) in [5.74, 6) is 0. The molecule has 1 aromatic carbocycles. The highest BCUT2D eigenvalue weighted by molar-refractivity contribution is 5.59. The van der Waals surface area contributed by atoms with Gasteiger partial charge in [0.2, 0.25) is 0 Å². The number of benzene rings is 1. The molecule has 7 nitrogen and oxygen atoms in total. The number of aliphatic hydroxyl groups excluding tert-OH is 2. The van der Waals surface area contributed by atoms with E-state index in [0.717, 1.165) is 0 Å². The highest BCUT2D eigenvalue weighted by atomic mass is 16.6. The Bertz CT molecular complexity index is 451. The van der Waals surface area contributed by atoms with Gasteiger partial charge < -0.3 is 15.5 Å². The van der Waals surface area contributed by atoms with Crippen molar-refractivity contribution in [2.24, 2.45) is 0 Å². The van der Waals surface area contributed by atoms with Crippen molar-refractivity contribution in [2.75, 3.05) is 18.5 Å². The Hall–Kier alpha value is -2.17. The molecule has 0 aliphatic rings. The van der Waals surface area contributed by atoms with Gasteiger partial charge >= 0.3 is 0 Å². The average molecular weight is 237 g/mol. The first-order chi connectivity index (χ1) is 8.12. The van der Waals surface area contributed by atoms with Crippen molar-refractivity contribution in [1.29, 1.82) is 5.26 Å². The van der Waals surface area contributed by atoms with Gasteiger partial charge in [0.05, 0.1) is 24.2 Å². The Balaban J connectivity index is 2.98. The second-order valence-corrected chi connectivity index (χ2v) is 3.31. The number of aliphatic hydroxyl groups is 2. The molecular weight excluding hydrogens is 226 g/mol. The third-order valence-electron chi connectivity index (χ3n) is 2.13. The van der Waals surface area contributed by atoms with Crippen LogP contribution in [0.2, 0.25) is 0 Å². The molecule has 0 saturated heterocycles. The Morgan fingerprint density at radius 3 is 2.59 bits per heavy atom. The quantitative estimate of drug-likeness (QED) is 0.498. The summed E-state index contributed by atoms with van der Waals surface area (Å²) < 4.78 is 0. The zero-order valence-electron chi connectivity index (χ0n) is 8.83. The highest BCUT2D eigenvalue weighted by Gasteiger charge is 2.14. The van der Waals surface area contributed by atoms with Gasteiger partial charge in [0.25, 0.3) is 5.69 Å². The summed E-state index contributed by atoms with van der Waals surface area (Å²) in [6.07, 6.45) is 0. The molecule has 1 aromatic rings. The summed E-state index contributed by atoms with van der Waals surface area (Å²) in [4.78, 5) is 9.94. The van der Waals surface area contributed by atoms with Gasteiger partial charge in [0, 0.05) is 11.8 Å². The molecule has 90 valence electrons. The Labute approximate surface area is 97.1 Å². The van der Waals surface area contributed by atoms with Crippen molar-refractivity contribution >= 4 is 11.4 Å². The first-order valence-electron chi connectivity index (χ1n) is 4.79. The van der Waals surface area contributed by atoms with Gasteiger partial charge in [-0.3, -0.25) is 10.1 Å². The van der Waals surface area contributed by atoms with Crippen LogP contribution in [0.5, 0.6) is 0 Å². The SMILES string of the molecule is N#Cc1cc(NC(CO)CO)ccc1[N+](=O)[O-]. The summed E-state index contributed by atoms with van der Waals surface area (Å²) in [6, 6.07) is 5.07. The number of nitro groups is 1. The molecule has 0 heterocycles. The standard InChI is InChI=1S/C10H11N3O4/c11-4-7-3-8(12-9(5-14)6-15)1-2-10(7)13(16)17/h1-3,9,12,14-15H,5-6H2. The second kappa shape index (κ2) is 5.79. The van der Waals surface area contributed by atoms with Crippen molar-refractivity contribution < 1.29 is 15.1 Å². The number of rotatable bonds is 5. The van der Waals surface area contributed by atoms with Gasteiger partial charge in [0.15, 0.2) is 0 Å². The Kier molecular flexibility index (Phi) is 4.39. The van der Waals surface area contributed by atoms with E-state index in [1.165, 1.54) is 18.2 Å². The van der Waals surface area contributed by atoms with Crippen LogP contribution >= 0.6 is 0 Å². The third-order valence-corrected chi connectivity index (χ3v) is 2.13. The van der Waals surface area contributed by atoms with Crippen LogP contribution in [0.4, 0.5) is 11.4 Å². The first kappa shape index (κ1) is 12.9. The minimum atomic E-state index is -0.641. The number of nitrogens with zero attached hydrogens (tertiary/aromatic N) is 2. The summed E-state index contributed by atoms with van der Waals surface area (Å²) in [5.41, 5.74) is 0.0810. The maximum absolute atomic E-state index is 10.6. The molecule has 3 N–H and O–H groups in total. The third kappa shape index (κ3) is 3.14. The van der Waals surface area contributed by atoms with E-state index in [4.69, 9.17) is 15.5 Å². The normalized spacial score (nSPS) is 10.0. The molecule has 0 aliphatic carbocycles. The number of nitrogens with one attached hydrogen (secondary N) is 1. The smallest absolute Gasteiger partial charge is 0.287 e. The molecule has 1 rings (SSSR count). The van der Waals surface area contributed by atoms with E-state index in [1.54, 1.807) is 6.07 Å². The fourth-order valence-electron chi connectivity index (χ4n) is 1.26. The fraction of sp³-hybridized carbons (Fsp3) is 0.300. The molecular formula is C10H11N3O4. The molecule has 0 atom stereocenters. The largest absolute Gasteiger partial charge is 0.394 e. The van der Waals surface area contributed by atoms with Gasteiger partial charge in [-0.25, -0.2) is 0 Å². The summed E-state index contributed by atoms with van der Waals surface area (Å²) in [7, 11) is 0. The van der Waals surface area contributed by atoms with Crippen LogP contribution in [0.1, 0.15) is 5.56 Å². The maximum Gasteiger partial charge on any atom is 0.287 e. The number of nitriles is 1. The van der Waals surface area contributed by atoms with E-state index in [-0.39, 0.29) is 24.5 Å². The lowest BCUT2D eigenvalue weighted by molar-refractivity contribution is -0.385. The molecule has 0 saturated carbocycles. The summed E-state index contributed by atoms with van der Waals surface area (Å²) in [6.45, 7) is -0.565. The molecule has 0 aliphatic heterocycles. The molecule has 0 radical (unpaired) electrons. The fourth-order valence-corrected chi connectivity index (χ4v) is 1.26. The number of nitro benzene ring substituents is 1. The molecule has 0 unspecified atom stereocenters. The maximum atomic E-state index is 10.6. The molecule has 0 aromatic heterocycles. The van der Waals surface area contributed by atoms with Gasteiger partial charge in [-0.1, -0.05) is 0 Å². The van der Waals surface area contributed by atoms with Crippen molar-refractivity contribution in [2.45, 2.75) is 6.04 Å². The van der Waals surface area contributed by atoms with Gasteiger partial charge in [-0.2, -0.15) is 5.26 Å². The summed E-state index contributed by atoms with van der Waals surface area (Å²) >= 11 is 0. The van der Waals surface area contributed by atoms with E-state index < -0.39 is 11.0 Å². The predicted molar refractivity (Wildman–Crippen MR) is 59.4 cm³/mol. The molecule has 0 amide bonds. The molecule has 7 heteroatoms. The van der Waals surface area contributed by atoms with E-state index >= 15 is 0 Å². The molecule has 0 bridgehead atoms. The van der Waals surface area contributed by atoms with Crippen LogP contribution in [0.25, 0.3) is 0 Å². The first-order valence-corrected chi connectivity index (χ1v) is 4.79. The monoisotopic (exact) mass is 237 g/mol. The Morgan fingerprint density at radius 2 is 2.12 bits per heavy atom. The van der Waals surface area contributed by atoms with Gasteiger partial charge in [-0.15, -0.1) is 0 Å². The number of hydrogen-bond acceptors (Lipinski definition) is 6. The van der Waals surface area contributed by atoms with Crippen LogP contribution in [0.15, 0.2) is 18.2 Å². The highest BCUT2D eigenvalue weighted by Crippen LogP contribution is 2.22. The number of anilines is 1. The summed E-state index contributed by atoms with van der Waals surface area (Å²) in [5, 5.41) is 39.8. The molecule has 0 spiro atoms. The predicted octanol–water partition coefficient (Wildman–Crippen LogP) is 0.232. The van der Waals surface area contributed by atoms with Crippen LogP contribution in [0, 0.1) is 21.4 Å². The molecule has 0 fully saturated rings. The zero-order valence-corrected chi connectivity index (χ0v) is 8.83. The minimum Gasteiger partial charge on any atom is -0.394 e. The van der Waals surface area contributed by atoms with E-state index in [0.29, 0.717) is 5.69 Å². The lowest BCUT2D eigenvalue weighted by Gasteiger charge is -2.14. The van der Waals surface area contributed by atoms with E-state index in [1.807, 2.05) is 0 Å². The second-order valence-electron chi connectivity index (χ2n) is 3.31. The van der Waals surface area contributed by atoms with Gasteiger partial charge in [0.1, 0.15) is 11.6 Å². The zero-order chi connectivity index (χ0) is 12.8. The van der Waals surface area contributed by atoms with Gasteiger partial charge in [-0.05, 0) is 12.1 Å². The van der Waals surface area contributed by atoms with Crippen LogP contribution in [-0.4, -0.2) is 34.4 Å². The van der Waals surface area contributed by atoms with Crippen LogP contribution < -0.4 is 5.32 Å². The Morgan fingerprint density at radius 1 is 1.47 bits per heavy atom. The minimum absolute atomic E-state index is 0.0744. The molecule has 17 heavy (non-hydrogen) atoms. The van der Waals surface area contributed by atoms with Crippen LogP contribution in [-0.2, 0) is 0 Å². The lowest BCUT2D eigenvalue weighted by Crippen LogP contribution is -2.27. The lowest BCUT2D eigenvalue weighted by atomic mass is 10.1. The topological polar surface area (TPSA) is 119 Å². The van der Waals surface area contributed by atoms with E-state index in [9.17, 15) is 10.1 Å². The van der Waals surface area contributed by atoms with Crippen molar-refractivity contribution in [3.8, 4) is 6.07 Å². The van der Waals surface area contributed by atoms with E-state index in [2.05, 4.69) is 5.32 Å².